The van der Waals surface area contributed by atoms with Crippen LogP contribution in [0.3, 0.4) is 0 Å². The molecule has 2 N–H and O–H groups in total. The van der Waals surface area contributed by atoms with E-state index in [0.717, 1.165) is 6.42 Å². The molecule has 1 aliphatic rings. The highest BCUT2D eigenvalue weighted by Crippen LogP contribution is 2.29. The van der Waals surface area contributed by atoms with Gasteiger partial charge in [-0.25, -0.2) is 0 Å². The first-order chi connectivity index (χ1) is 7.90. The fourth-order valence-corrected chi connectivity index (χ4v) is 2.44. The molecule has 0 spiro atoms. The number of halogens is 2. The minimum absolute atomic E-state index is 0. The normalized spacial score (nSPS) is 22.4. The Morgan fingerprint density at radius 3 is 2.72 bits per heavy atom. The molecule has 0 saturated carbocycles. The average Bonchev–Trinajstić information content (AvgIpc) is 2.68. The van der Waals surface area contributed by atoms with Gasteiger partial charge < -0.3 is 15.1 Å². The highest BCUT2D eigenvalue weighted by Gasteiger charge is 2.36. The van der Waals surface area contributed by atoms with E-state index >= 15 is 0 Å². The summed E-state index contributed by atoms with van der Waals surface area (Å²) in [4.78, 5) is 14.0. The molecule has 1 aromatic heterocycles. The number of carbonyl (C=O) groups is 1. The van der Waals surface area contributed by atoms with Crippen molar-refractivity contribution in [3.63, 3.8) is 0 Å². The van der Waals surface area contributed by atoms with Crippen molar-refractivity contribution >= 4 is 34.2 Å². The number of piperidine rings is 1. The SMILES string of the molecule is CC1(C)CN(C(=O)c2ccc(Br)o2)CCC1N.Cl. The van der Waals surface area contributed by atoms with Gasteiger partial charge in [-0.3, -0.25) is 4.79 Å². The summed E-state index contributed by atoms with van der Waals surface area (Å²) in [5, 5.41) is 0. The van der Waals surface area contributed by atoms with Crippen molar-refractivity contribution in [2.45, 2.75) is 26.3 Å². The summed E-state index contributed by atoms with van der Waals surface area (Å²) in [7, 11) is 0. The topological polar surface area (TPSA) is 59.5 Å². The third-order valence-electron chi connectivity index (χ3n) is 3.38. The Morgan fingerprint density at radius 1 is 1.56 bits per heavy atom. The van der Waals surface area contributed by atoms with Crippen LogP contribution in [0, 0.1) is 5.41 Å². The molecule has 1 amide bonds. The highest BCUT2D eigenvalue weighted by molar-refractivity contribution is 9.10. The maximum Gasteiger partial charge on any atom is 0.289 e. The molecule has 0 bridgehead atoms. The second kappa shape index (κ2) is 5.63. The lowest BCUT2D eigenvalue weighted by Crippen LogP contribution is -2.53. The van der Waals surface area contributed by atoms with Crippen LogP contribution >= 0.6 is 28.3 Å². The summed E-state index contributed by atoms with van der Waals surface area (Å²) in [5.74, 6) is 0.318. The zero-order chi connectivity index (χ0) is 12.6. The minimum atomic E-state index is -0.0596. The predicted molar refractivity (Wildman–Crippen MR) is 75.9 cm³/mol. The fraction of sp³-hybridized carbons (Fsp3) is 0.583. The van der Waals surface area contributed by atoms with Crippen LogP contribution in [0.1, 0.15) is 30.8 Å². The first kappa shape index (κ1) is 15.5. The second-order valence-corrected chi connectivity index (χ2v) is 6.00. The Balaban J connectivity index is 0.00000162. The number of likely N-dealkylation sites (tertiary alicyclic amines) is 1. The Labute approximate surface area is 121 Å². The molecule has 0 radical (unpaired) electrons. The van der Waals surface area contributed by atoms with Crippen LogP contribution < -0.4 is 5.73 Å². The summed E-state index contributed by atoms with van der Waals surface area (Å²) in [6, 6.07) is 3.57. The van der Waals surface area contributed by atoms with E-state index in [1.165, 1.54) is 0 Å². The Hall–Kier alpha value is -0.520. The van der Waals surface area contributed by atoms with Crippen molar-refractivity contribution in [2.75, 3.05) is 13.1 Å². The van der Waals surface area contributed by atoms with Gasteiger partial charge in [0.05, 0.1) is 0 Å². The van der Waals surface area contributed by atoms with Crippen molar-refractivity contribution in [3.8, 4) is 0 Å². The Bertz CT molecular complexity index is 433. The van der Waals surface area contributed by atoms with Gasteiger partial charge in [-0.15, -0.1) is 12.4 Å². The number of carbonyl (C=O) groups excluding carboxylic acids is 1. The average molecular weight is 338 g/mol. The van der Waals surface area contributed by atoms with E-state index in [4.69, 9.17) is 10.2 Å². The third-order valence-corrected chi connectivity index (χ3v) is 3.81. The standard InChI is InChI=1S/C12H17BrN2O2.ClH/c1-12(2)7-15(6-5-9(12)14)11(16)8-3-4-10(13)17-8;/h3-4,9H,5-7,14H2,1-2H3;1H. The molecule has 4 nitrogen and oxygen atoms in total. The van der Waals surface area contributed by atoms with Crippen LogP contribution in [0.15, 0.2) is 21.2 Å². The molecule has 2 rings (SSSR count). The van der Waals surface area contributed by atoms with Gasteiger partial charge in [0.2, 0.25) is 0 Å². The van der Waals surface area contributed by atoms with Crippen molar-refractivity contribution in [3.05, 3.63) is 22.6 Å². The van der Waals surface area contributed by atoms with Crippen LogP contribution in [0.25, 0.3) is 0 Å². The van der Waals surface area contributed by atoms with Crippen molar-refractivity contribution < 1.29 is 9.21 Å². The van der Waals surface area contributed by atoms with Gasteiger partial charge in [0.1, 0.15) is 0 Å². The maximum atomic E-state index is 12.2. The first-order valence-electron chi connectivity index (χ1n) is 5.70. The molecule has 102 valence electrons. The second-order valence-electron chi connectivity index (χ2n) is 5.21. The Morgan fingerprint density at radius 2 is 2.22 bits per heavy atom. The first-order valence-corrected chi connectivity index (χ1v) is 6.49. The molecule has 0 aromatic carbocycles. The van der Waals surface area contributed by atoms with Crippen molar-refractivity contribution in [1.29, 1.82) is 0 Å². The van der Waals surface area contributed by atoms with E-state index in [9.17, 15) is 4.79 Å². The minimum Gasteiger partial charge on any atom is -0.444 e. The van der Waals surface area contributed by atoms with Gasteiger partial charge in [0, 0.05) is 19.1 Å². The molecular weight excluding hydrogens is 320 g/mol. The number of rotatable bonds is 1. The van der Waals surface area contributed by atoms with Gasteiger partial charge in [0.25, 0.3) is 5.91 Å². The van der Waals surface area contributed by atoms with E-state index in [1.807, 2.05) is 4.90 Å². The molecule has 1 aromatic rings. The molecule has 18 heavy (non-hydrogen) atoms. The van der Waals surface area contributed by atoms with Gasteiger partial charge in [-0.1, -0.05) is 13.8 Å². The number of hydrogen-bond acceptors (Lipinski definition) is 3. The van der Waals surface area contributed by atoms with Crippen molar-refractivity contribution in [1.82, 2.24) is 4.90 Å². The lowest BCUT2D eigenvalue weighted by Gasteiger charge is -2.42. The van der Waals surface area contributed by atoms with Crippen LogP contribution in [0.5, 0.6) is 0 Å². The van der Waals surface area contributed by atoms with E-state index in [0.29, 0.717) is 23.5 Å². The zero-order valence-electron chi connectivity index (χ0n) is 10.5. The Kier molecular flexibility index (Phi) is 4.86. The van der Waals surface area contributed by atoms with E-state index in [2.05, 4.69) is 29.8 Å². The lowest BCUT2D eigenvalue weighted by atomic mass is 9.79. The molecule has 1 saturated heterocycles. The van der Waals surface area contributed by atoms with Gasteiger partial charge in [-0.05, 0) is 39.9 Å². The largest absolute Gasteiger partial charge is 0.444 e. The summed E-state index contributed by atoms with van der Waals surface area (Å²) >= 11 is 3.20. The molecule has 6 heteroatoms. The number of amides is 1. The van der Waals surface area contributed by atoms with Crippen LogP contribution in [-0.4, -0.2) is 29.9 Å². The number of furan rings is 1. The summed E-state index contributed by atoms with van der Waals surface area (Å²) < 4.78 is 5.87. The van der Waals surface area contributed by atoms with Gasteiger partial charge >= 0.3 is 0 Å². The van der Waals surface area contributed by atoms with Crippen LogP contribution in [0.4, 0.5) is 0 Å². The van der Waals surface area contributed by atoms with E-state index in [-0.39, 0.29) is 29.8 Å². The molecule has 1 aliphatic heterocycles. The lowest BCUT2D eigenvalue weighted by molar-refractivity contribution is 0.0502. The molecule has 1 atom stereocenters. The predicted octanol–water partition coefficient (Wildman–Crippen LogP) is 2.66. The fourth-order valence-electron chi connectivity index (χ4n) is 2.13. The van der Waals surface area contributed by atoms with E-state index in [1.54, 1.807) is 12.1 Å². The zero-order valence-corrected chi connectivity index (χ0v) is 12.9. The maximum absolute atomic E-state index is 12.2. The number of hydrogen-bond donors (Lipinski definition) is 1. The molecule has 1 fully saturated rings. The number of nitrogens with zero attached hydrogens (tertiary/aromatic N) is 1. The monoisotopic (exact) mass is 336 g/mol. The van der Waals surface area contributed by atoms with E-state index < -0.39 is 0 Å². The summed E-state index contributed by atoms with van der Waals surface area (Å²) in [6.45, 7) is 5.55. The summed E-state index contributed by atoms with van der Waals surface area (Å²) in [5.41, 5.74) is 6.00. The molecule has 0 aliphatic carbocycles. The van der Waals surface area contributed by atoms with Crippen LogP contribution in [-0.2, 0) is 0 Å². The van der Waals surface area contributed by atoms with Gasteiger partial charge in [-0.2, -0.15) is 0 Å². The quantitative estimate of drug-likeness (QED) is 0.857. The molecule has 2 heterocycles. The molecule has 1 unspecified atom stereocenters. The van der Waals surface area contributed by atoms with Crippen LogP contribution in [0.2, 0.25) is 0 Å². The number of nitrogens with two attached hydrogens (primary N) is 1. The molecular formula is C12H18BrClN2O2. The smallest absolute Gasteiger partial charge is 0.289 e. The highest BCUT2D eigenvalue weighted by atomic mass is 79.9. The van der Waals surface area contributed by atoms with Crippen molar-refractivity contribution in [2.24, 2.45) is 11.1 Å². The summed E-state index contributed by atoms with van der Waals surface area (Å²) in [6.07, 6.45) is 0.834. The third kappa shape index (κ3) is 3.08. The van der Waals surface area contributed by atoms with Gasteiger partial charge in [0.15, 0.2) is 10.4 Å².